The Hall–Kier alpha value is -0.210. The van der Waals surface area contributed by atoms with Gasteiger partial charge in [0.1, 0.15) is 0 Å². The zero-order valence-corrected chi connectivity index (χ0v) is 6.28. The second-order valence-electron chi connectivity index (χ2n) is 2.07. The van der Waals surface area contributed by atoms with Crippen molar-refractivity contribution < 1.29 is 4.74 Å². The van der Waals surface area contributed by atoms with E-state index in [4.69, 9.17) is 10.5 Å². The fraction of sp³-hybridized carbons (Fsp3) is 0.667. The highest BCUT2D eigenvalue weighted by atomic mass is 35.5. The van der Waals surface area contributed by atoms with Crippen LogP contribution in [0.2, 0.25) is 0 Å². The lowest BCUT2D eigenvalue weighted by molar-refractivity contribution is 0.280. The van der Waals surface area contributed by atoms with Crippen LogP contribution < -0.4 is 5.73 Å². The first-order valence-electron chi connectivity index (χ1n) is 2.81. The standard InChI is InChI=1S/C6H11NO.ClH/c1-8-6-3-2-5(7)4-6;/h3,5H,2,4,7H2,1H3;1H/t5-;/m1./s1. The van der Waals surface area contributed by atoms with Gasteiger partial charge in [-0.15, -0.1) is 12.4 Å². The highest BCUT2D eigenvalue weighted by molar-refractivity contribution is 5.85. The molecule has 0 saturated heterocycles. The molecule has 3 heteroatoms. The predicted molar refractivity (Wildman–Crippen MR) is 39.5 cm³/mol. The van der Waals surface area contributed by atoms with E-state index < -0.39 is 0 Å². The van der Waals surface area contributed by atoms with Gasteiger partial charge >= 0.3 is 0 Å². The summed E-state index contributed by atoms with van der Waals surface area (Å²) in [6, 6.07) is 0.310. The first-order valence-corrected chi connectivity index (χ1v) is 2.81. The lowest BCUT2D eigenvalue weighted by Gasteiger charge is -2.00. The van der Waals surface area contributed by atoms with E-state index in [9.17, 15) is 0 Å². The lowest BCUT2D eigenvalue weighted by Crippen LogP contribution is -2.14. The first kappa shape index (κ1) is 8.79. The van der Waals surface area contributed by atoms with Crippen molar-refractivity contribution in [3.8, 4) is 0 Å². The highest BCUT2D eigenvalue weighted by Crippen LogP contribution is 2.16. The van der Waals surface area contributed by atoms with Crippen molar-refractivity contribution in [1.29, 1.82) is 0 Å². The molecule has 1 rings (SSSR count). The van der Waals surface area contributed by atoms with Gasteiger partial charge < -0.3 is 10.5 Å². The lowest BCUT2D eigenvalue weighted by atomic mass is 10.2. The summed E-state index contributed by atoms with van der Waals surface area (Å²) < 4.78 is 4.96. The topological polar surface area (TPSA) is 35.2 Å². The second kappa shape index (κ2) is 3.75. The van der Waals surface area contributed by atoms with Gasteiger partial charge in [0, 0.05) is 12.5 Å². The van der Waals surface area contributed by atoms with Crippen molar-refractivity contribution in [2.24, 2.45) is 5.73 Å². The van der Waals surface area contributed by atoms with Crippen LogP contribution in [0.15, 0.2) is 11.8 Å². The Morgan fingerprint density at radius 2 is 2.44 bits per heavy atom. The minimum absolute atomic E-state index is 0. The third kappa shape index (κ3) is 2.24. The van der Waals surface area contributed by atoms with E-state index in [2.05, 4.69) is 0 Å². The van der Waals surface area contributed by atoms with Gasteiger partial charge in [-0.1, -0.05) is 0 Å². The van der Waals surface area contributed by atoms with Crippen molar-refractivity contribution in [3.63, 3.8) is 0 Å². The first-order chi connectivity index (χ1) is 3.83. The zero-order chi connectivity index (χ0) is 5.98. The molecule has 0 amide bonds. The highest BCUT2D eigenvalue weighted by Gasteiger charge is 2.11. The number of methoxy groups -OCH3 is 1. The monoisotopic (exact) mass is 149 g/mol. The fourth-order valence-electron chi connectivity index (χ4n) is 0.875. The molecule has 2 N–H and O–H groups in total. The van der Waals surface area contributed by atoms with Crippen LogP contribution in [0.1, 0.15) is 12.8 Å². The van der Waals surface area contributed by atoms with E-state index in [0.717, 1.165) is 18.6 Å². The molecule has 54 valence electrons. The number of rotatable bonds is 1. The van der Waals surface area contributed by atoms with Crippen molar-refractivity contribution in [2.45, 2.75) is 18.9 Å². The zero-order valence-electron chi connectivity index (χ0n) is 5.46. The Morgan fingerprint density at radius 3 is 2.67 bits per heavy atom. The summed E-state index contributed by atoms with van der Waals surface area (Å²) in [6.07, 6.45) is 3.93. The van der Waals surface area contributed by atoms with Crippen LogP contribution in [-0.2, 0) is 4.74 Å². The maximum absolute atomic E-state index is 5.57. The van der Waals surface area contributed by atoms with E-state index in [1.807, 2.05) is 6.08 Å². The Kier molecular flexibility index (Phi) is 3.66. The Bertz CT molecular complexity index is 114. The van der Waals surface area contributed by atoms with Gasteiger partial charge in [-0.25, -0.2) is 0 Å². The molecule has 0 fully saturated rings. The van der Waals surface area contributed by atoms with Crippen molar-refractivity contribution in [3.05, 3.63) is 11.8 Å². The number of hydrogen-bond acceptors (Lipinski definition) is 2. The molecule has 2 nitrogen and oxygen atoms in total. The molecule has 0 radical (unpaired) electrons. The maximum atomic E-state index is 5.57. The number of hydrogen-bond donors (Lipinski definition) is 1. The number of ether oxygens (including phenoxy) is 1. The molecule has 0 aromatic rings. The quantitative estimate of drug-likeness (QED) is 0.605. The Balaban J connectivity index is 0.000000640. The average molecular weight is 150 g/mol. The molecule has 0 saturated carbocycles. The molecule has 9 heavy (non-hydrogen) atoms. The van der Waals surface area contributed by atoms with Crippen LogP contribution in [0.3, 0.4) is 0 Å². The molecule has 0 unspecified atom stereocenters. The fourth-order valence-corrected chi connectivity index (χ4v) is 0.875. The summed E-state index contributed by atoms with van der Waals surface area (Å²) in [6.45, 7) is 0. The van der Waals surface area contributed by atoms with E-state index in [0.29, 0.717) is 6.04 Å². The summed E-state index contributed by atoms with van der Waals surface area (Å²) in [5, 5.41) is 0. The van der Waals surface area contributed by atoms with Gasteiger partial charge in [0.25, 0.3) is 0 Å². The minimum atomic E-state index is 0. The van der Waals surface area contributed by atoms with Crippen LogP contribution in [0.4, 0.5) is 0 Å². The SMILES string of the molecule is COC1=CC[C@@H](N)C1.Cl. The minimum Gasteiger partial charge on any atom is -0.501 e. The third-order valence-electron chi connectivity index (χ3n) is 1.37. The van der Waals surface area contributed by atoms with Gasteiger partial charge in [-0.2, -0.15) is 0 Å². The molecule has 0 aliphatic heterocycles. The van der Waals surface area contributed by atoms with E-state index >= 15 is 0 Å². The summed E-state index contributed by atoms with van der Waals surface area (Å²) in [5.41, 5.74) is 5.57. The smallest absolute Gasteiger partial charge is 0.0931 e. The number of nitrogens with two attached hydrogens (primary N) is 1. The van der Waals surface area contributed by atoms with Crippen LogP contribution in [-0.4, -0.2) is 13.2 Å². The van der Waals surface area contributed by atoms with Gasteiger partial charge in [-0.3, -0.25) is 0 Å². The normalized spacial score (nSPS) is 24.7. The summed E-state index contributed by atoms with van der Waals surface area (Å²) in [7, 11) is 1.68. The van der Waals surface area contributed by atoms with Gasteiger partial charge in [0.05, 0.1) is 12.9 Å². The predicted octanol–water partition coefficient (Wildman–Crippen LogP) is 1.06. The number of halogens is 1. The third-order valence-corrected chi connectivity index (χ3v) is 1.37. The van der Waals surface area contributed by atoms with Gasteiger partial charge in [0.15, 0.2) is 0 Å². The molecular weight excluding hydrogens is 138 g/mol. The Morgan fingerprint density at radius 1 is 1.78 bits per heavy atom. The molecule has 0 spiro atoms. The maximum Gasteiger partial charge on any atom is 0.0931 e. The van der Waals surface area contributed by atoms with Gasteiger partial charge in [0.2, 0.25) is 0 Å². The molecular formula is C6H12ClNO. The van der Waals surface area contributed by atoms with E-state index in [-0.39, 0.29) is 12.4 Å². The average Bonchev–Trinajstić information content (AvgIpc) is 2.14. The van der Waals surface area contributed by atoms with Crippen LogP contribution in [0, 0.1) is 0 Å². The molecule has 1 atom stereocenters. The summed E-state index contributed by atoms with van der Waals surface area (Å²) in [4.78, 5) is 0. The molecule has 1 aliphatic carbocycles. The summed E-state index contributed by atoms with van der Waals surface area (Å²) >= 11 is 0. The van der Waals surface area contributed by atoms with Crippen LogP contribution >= 0.6 is 12.4 Å². The van der Waals surface area contributed by atoms with Crippen LogP contribution in [0.25, 0.3) is 0 Å². The Labute approximate surface area is 61.5 Å². The van der Waals surface area contributed by atoms with Gasteiger partial charge in [-0.05, 0) is 12.5 Å². The molecule has 0 heterocycles. The molecule has 0 bridgehead atoms. The second-order valence-corrected chi connectivity index (χ2v) is 2.07. The van der Waals surface area contributed by atoms with E-state index in [1.54, 1.807) is 7.11 Å². The molecule has 0 aromatic heterocycles. The largest absolute Gasteiger partial charge is 0.501 e. The van der Waals surface area contributed by atoms with E-state index in [1.165, 1.54) is 0 Å². The van der Waals surface area contributed by atoms with Crippen molar-refractivity contribution in [1.82, 2.24) is 0 Å². The van der Waals surface area contributed by atoms with Crippen LogP contribution in [0.5, 0.6) is 0 Å². The van der Waals surface area contributed by atoms with Crippen molar-refractivity contribution in [2.75, 3.05) is 7.11 Å². The molecule has 0 aromatic carbocycles. The van der Waals surface area contributed by atoms with Crippen molar-refractivity contribution >= 4 is 12.4 Å². The summed E-state index contributed by atoms with van der Waals surface area (Å²) in [5.74, 6) is 1.04. The molecule has 1 aliphatic rings.